The normalized spacial score (nSPS) is 10.8. The van der Waals surface area contributed by atoms with Gasteiger partial charge in [-0.05, 0) is 47.9 Å². The molecule has 0 spiro atoms. The van der Waals surface area contributed by atoms with Crippen LogP contribution in [0.1, 0.15) is 57.9 Å². The van der Waals surface area contributed by atoms with Crippen molar-refractivity contribution < 1.29 is 4.74 Å². The van der Waals surface area contributed by atoms with E-state index in [-0.39, 0.29) is 0 Å². The Morgan fingerprint density at radius 2 is 1.59 bits per heavy atom. The van der Waals surface area contributed by atoms with Gasteiger partial charge in [0.1, 0.15) is 5.75 Å². The van der Waals surface area contributed by atoms with Crippen LogP contribution in [-0.2, 0) is 0 Å². The number of unbranched alkanes of at least 4 members (excludes halogenated alkanes) is 5. The van der Waals surface area contributed by atoms with Gasteiger partial charge < -0.3 is 4.74 Å². The second-order valence-electron chi connectivity index (χ2n) is 6.12. The van der Waals surface area contributed by atoms with E-state index >= 15 is 0 Å². The Bertz CT molecular complexity index is 612. The van der Waals surface area contributed by atoms with Crippen LogP contribution in [-0.4, -0.2) is 6.61 Å². The van der Waals surface area contributed by atoms with Gasteiger partial charge in [-0.3, -0.25) is 0 Å². The lowest BCUT2D eigenvalue weighted by Crippen LogP contribution is -1.97. The molecule has 0 bridgehead atoms. The molecule has 1 nitrogen and oxygen atoms in total. The van der Waals surface area contributed by atoms with Gasteiger partial charge in [-0.15, -0.1) is 0 Å². The standard InChI is InChI=1S/C21H28O/c1-4-5-6-7-8-9-14-22-21-13-12-19-15-18(17(2)3)10-11-20(19)16-21/h10-13,15-16H,2,4-9,14H2,1,3H3. The first-order chi connectivity index (χ1) is 10.7. The summed E-state index contributed by atoms with van der Waals surface area (Å²) < 4.78 is 5.88. The molecule has 0 saturated carbocycles. The van der Waals surface area contributed by atoms with E-state index in [0.29, 0.717) is 0 Å². The third-order valence-electron chi connectivity index (χ3n) is 4.07. The van der Waals surface area contributed by atoms with Crippen LogP contribution in [0, 0.1) is 0 Å². The highest BCUT2D eigenvalue weighted by molar-refractivity contribution is 5.87. The Labute approximate surface area is 135 Å². The molecule has 0 aliphatic carbocycles. The SMILES string of the molecule is C=C(C)c1ccc2cc(OCCCCCCCC)ccc2c1. The second kappa shape index (κ2) is 8.63. The predicted octanol–water partition coefficient (Wildman–Crippen LogP) is 6.61. The van der Waals surface area contributed by atoms with E-state index in [4.69, 9.17) is 4.74 Å². The fourth-order valence-electron chi connectivity index (χ4n) is 2.65. The van der Waals surface area contributed by atoms with Gasteiger partial charge in [0.25, 0.3) is 0 Å². The summed E-state index contributed by atoms with van der Waals surface area (Å²) in [4.78, 5) is 0. The number of hydrogen-bond acceptors (Lipinski definition) is 1. The van der Waals surface area contributed by atoms with E-state index in [2.05, 4.69) is 49.9 Å². The first-order valence-electron chi connectivity index (χ1n) is 8.53. The van der Waals surface area contributed by atoms with E-state index in [1.165, 1.54) is 48.4 Å². The summed E-state index contributed by atoms with van der Waals surface area (Å²) in [5.74, 6) is 0.976. The molecule has 0 aromatic heterocycles. The Morgan fingerprint density at radius 1 is 0.909 bits per heavy atom. The molecule has 0 aliphatic rings. The minimum Gasteiger partial charge on any atom is -0.494 e. The first-order valence-corrected chi connectivity index (χ1v) is 8.53. The van der Waals surface area contributed by atoms with Crippen molar-refractivity contribution in [2.45, 2.75) is 52.4 Å². The Kier molecular flexibility index (Phi) is 6.51. The van der Waals surface area contributed by atoms with Crippen LogP contribution in [0.3, 0.4) is 0 Å². The molecule has 0 amide bonds. The molecule has 118 valence electrons. The quantitative estimate of drug-likeness (QED) is 0.473. The van der Waals surface area contributed by atoms with Crippen LogP contribution in [0.2, 0.25) is 0 Å². The predicted molar refractivity (Wildman–Crippen MR) is 97.5 cm³/mol. The van der Waals surface area contributed by atoms with E-state index in [0.717, 1.165) is 24.4 Å². The molecule has 0 atom stereocenters. The number of fused-ring (bicyclic) bond motifs is 1. The maximum Gasteiger partial charge on any atom is 0.119 e. The van der Waals surface area contributed by atoms with Gasteiger partial charge in [-0.25, -0.2) is 0 Å². The number of benzene rings is 2. The number of ether oxygens (including phenoxy) is 1. The third-order valence-corrected chi connectivity index (χ3v) is 4.07. The zero-order valence-electron chi connectivity index (χ0n) is 14.0. The topological polar surface area (TPSA) is 9.23 Å². The smallest absolute Gasteiger partial charge is 0.119 e. The zero-order valence-corrected chi connectivity index (χ0v) is 14.0. The summed E-state index contributed by atoms with van der Waals surface area (Å²) in [6.45, 7) is 9.12. The molecule has 0 N–H and O–H groups in total. The van der Waals surface area contributed by atoms with Gasteiger partial charge in [-0.2, -0.15) is 0 Å². The van der Waals surface area contributed by atoms with Crippen LogP contribution >= 0.6 is 0 Å². The molecule has 2 aromatic carbocycles. The number of hydrogen-bond donors (Lipinski definition) is 0. The van der Waals surface area contributed by atoms with Crippen LogP contribution < -0.4 is 4.74 Å². The van der Waals surface area contributed by atoms with Gasteiger partial charge >= 0.3 is 0 Å². The van der Waals surface area contributed by atoms with Gasteiger partial charge in [0, 0.05) is 0 Å². The van der Waals surface area contributed by atoms with Crippen LogP contribution in [0.4, 0.5) is 0 Å². The maximum absolute atomic E-state index is 5.88. The average molecular weight is 296 g/mol. The van der Waals surface area contributed by atoms with Crippen molar-refractivity contribution in [1.82, 2.24) is 0 Å². The fraction of sp³-hybridized carbons (Fsp3) is 0.429. The van der Waals surface area contributed by atoms with E-state index in [1.807, 2.05) is 6.92 Å². The second-order valence-corrected chi connectivity index (χ2v) is 6.12. The highest BCUT2D eigenvalue weighted by Gasteiger charge is 2.00. The van der Waals surface area contributed by atoms with E-state index < -0.39 is 0 Å². The summed E-state index contributed by atoms with van der Waals surface area (Å²) in [6, 6.07) is 12.8. The molecule has 0 unspecified atom stereocenters. The fourth-order valence-corrected chi connectivity index (χ4v) is 2.65. The van der Waals surface area contributed by atoms with Gasteiger partial charge in [0.2, 0.25) is 0 Å². The van der Waals surface area contributed by atoms with Crippen molar-refractivity contribution in [2.24, 2.45) is 0 Å². The van der Waals surface area contributed by atoms with Crippen molar-refractivity contribution >= 4 is 16.3 Å². The lowest BCUT2D eigenvalue weighted by Gasteiger charge is -2.08. The van der Waals surface area contributed by atoms with Crippen LogP contribution in [0.15, 0.2) is 43.0 Å². The van der Waals surface area contributed by atoms with E-state index in [9.17, 15) is 0 Å². The van der Waals surface area contributed by atoms with E-state index in [1.54, 1.807) is 0 Å². The average Bonchev–Trinajstić information content (AvgIpc) is 2.53. The molecule has 1 heteroatoms. The summed E-state index contributed by atoms with van der Waals surface area (Å²) in [5, 5.41) is 2.47. The highest BCUT2D eigenvalue weighted by Crippen LogP contribution is 2.24. The van der Waals surface area contributed by atoms with Crippen LogP contribution in [0.5, 0.6) is 5.75 Å². The molecule has 2 rings (SSSR count). The molecular weight excluding hydrogens is 268 g/mol. The van der Waals surface area contributed by atoms with Crippen molar-refractivity contribution in [1.29, 1.82) is 0 Å². The molecule has 0 radical (unpaired) electrons. The minimum absolute atomic E-state index is 0.821. The lowest BCUT2D eigenvalue weighted by atomic mass is 10.0. The Morgan fingerprint density at radius 3 is 2.36 bits per heavy atom. The summed E-state index contributed by atoms with van der Waals surface area (Å²) in [7, 11) is 0. The monoisotopic (exact) mass is 296 g/mol. The summed E-state index contributed by atoms with van der Waals surface area (Å²) in [6.07, 6.45) is 7.78. The van der Waals surface area contributed by atoms with Crippen molar-refractivity contribution in [3.63, 3.8) is 0 Å². The highest BCUT2D eigenvalue weighted by atomic mass is 16.5. The lowest BCUT2D eigenvalue weighted by molar-refractivity contribution is 0.305. The minimum atomic E-state index is 0.821. The summed E-state index contributed by atoms with van der Waals surface area (Å²) in [5.41, 5.74) is 2.30. The van der Waals surface area contributed by atoms with Crippen molar-refractivity contribution in [2.75, 3.05) is 6.61 Å². The molecular formula is C21H28O. The molecule has 0 heterocycles. The summed E-state index contributed by atoms with van der Waals surface area (Å²) >= 11 is 0. The van der Waals surface area contributed by atoms with Gasteiger partial charge in [0.05, 0.1) is 6.61 Å². The third kappa shape index (κ3) is 4.91. The molecule has 0 fully saturated rings. The maximum atomic E-state index is 5.88. The van der Waals surface area contributed by atoms with Gasteiger partial charge in [-0.1, -0.05) is 69.4 Å². The molecule has 0 saturated heterocycles. The zero-order chi connectivity index (χ0) is 15.8. The first kappa shape index (κ1) is 16.6. The number of allylic oxidation sites excluding steroid dienone is 1. The van der Waals surface area contributed by atoms with Crippen molar-refractivity contribution in [3.8, 4) is 5.75 Å². The van der Waals surface area contributed by atoms with Gasteiger partial charge in [0.15, 0.2) is 0 Å². The molecule has 0 aliphatic heterocycles. The largest absolute Gasteiger partial charge is 0.494 e. The Balaban J connectivity index is 1.85. The van der Waals surface area contributed by atoms with Crippen LogP contribution in [0.25, 0.3) is 16.3 Å². The Hall–Kier alpha value is -1.76. The van der Waals surface area contributed by atoms with Crippen molar-refractivity contribution in [3.05, 3.63) is 48.5 Å². The molecule has 2 aromatic rings. The molecule has 22 heavy (non-hydrogen) atoms. The number of rotatable bonds is 9.